The smallest absolute Gasteiger partial charge is 0.191 e. The molecule has 6 nitrogen and oxygen atoms in total. The second kappa shape index (κ2) is 15.5. The molecule has 8 heteroatoms. The zero-order valence-corrected chi connectivity index (χ0v) is 20.5. The normalized spacial score (nSPS) is 11.1. The maximum absolute atomic E-state index is 5.47. The Hall–Kier alpha value is -1.36. The van der Waals surface area contributed by atoms with Crippen molar-refractivity contribution in [1.82, 2.24) is 10.6 Å². The van der Waals surface area contributed by atoms with E-state index in [0.29, 0.717) is 26.4 Å². The molecular weight excluding hydrogens is 501 g/mol. The first kappa shape index (κ1) is 25.7. The Morgan fingerprint density at radius 3 is 2.48 bits per heavy atom. The van der Waals surface area contributed by atoms with Gasteiger partial charge >= 0.3 is 0 Å². The monoisotopic (exact) mass is 533 g/mol. The minimum absolute atomic E-state index is 0. The zero-order chi connectivity index (χ0) is 20.0. The number of ether oxygens (including phenoxy) is 3. The number of nitrogens with one attached hydrogen (secondary N) is 2. The van der Waals surface area contributed by atoms with E-state index in [9.17, 15) is 0 Å². The summed E-state index contributed by atoms with van der Waals surface area (Å²) in [5.74, 6) is 1.70. The number of hydrogen-bond acceptors (Lipinski definition) is 5. The van der Waals surface area contributed by atoms with Crippen LogP contribution in [0, 0.1) is 0 Å². The van der Waals surface area contributed by atoms with Gasteiger partial charge in [0.1, 0.15) is 5.75 Å². The fourth-order valence-electron chi connectivity index (χ4n) is 2.50. The van der Waals surface area contributed by atoms with E-state index >= 15 is 0 Å². The van der Waals surface area contributed by atoms with Crippen molar-refractivity contribution in [2.45, 2.75) is 19.9 Å². The van der Waals surface area contributed by atoms with Crippen LogP contribution < -0.4 is 15.4 Å². The lowest BCUT2D eigenvalue weighted by atomic mass is 10.2. The van der Waals surface area contributed by atoms with Crippen LogP contribution in [0.1, 0.15) is 18.2 Å². The number of benzene rings is 1. The molecule has 0 radical (unpaired) electrons. The van der Waals surface area contributed by atoms with Crippen molar-refractivity contribution in [1.29, 1.82) is 0 Å². The maximum Gasteiger partial charge on any atom is 0.191 e. The van der Waals surface area contributed by atoms with Gasteiger partial charge in [0, 0.05) is 36.6 Å². The third kappa shape index (κ3) is 9.79. The summed E-state index contributed by atoms with van der Waals surface area (Å²) in [4.78, 5) is 7.15. The first-order chi connectivity index (χ1) is 13.8. The summed E-state index contributed by atoms with van der Waals surface area (Å²) in [5, 5.41) is 6.64. The molecule has 0 aliphatic heterocycles. The standard InChI is InChI=1S/C21H31N3O3S.HI/c1-4-22-21(23-12-5-13-27-15-14-25-2)24-16-19-10-11-20(28-19)17-6-8-18(26-3)9-7-17;/h6-11H,4-5,12-16H2,1-3H3,(H2,22,23,24);1H. The van der Waals surface area contributed by atoms with Gasteiger partial charge in [0.15, 0.2) is 5.96 Å². The van der Waals surface area contributed by atoms with Crippen molar-refractivity contribution in [3.63, 3.8) is 0 Å². The van der Waals surface area contributed by atoms with Gasteiger partial charge in [-0.2, -0.15) is 0 Å². The molecule has 0 bridgehead atoms. The first-order valence-corrected chi connectivity index (χ1v) is 10.4. The highest BCUT2D eigenvalue weighted by molar-refractivity contribution is 14.0. The van der Waals surface area contributed by atoms with E-state index in [4.69, 9.17) is 14.2 Å². The predicted octanol–water partition coefficient (Wildman–Crippen LogP) is 4.15. The molecule has 2 aromatic rings. The Bertz CT molecular complexity index is 707. The zero-order valence-electron chi connectivity index (χ0n) is 17.4. The lowest BCUT2D eigenvalue weighted by molar-refractivity contribution is 0.0698. The molecule has 0 aliphatic carbocycles. The molecule has 1 heterocycles. The summed E-state index contributed by atoms with van der Waals surface area (Å²) >= 11 is 1.76. The van der Waals surface area contributed by atoms with Crippen LogP contribution >= 0.6 is 35.3 Å². The van der Waals surface area contributed by atoms with Gasteiger partial charge in [0.2, 0.25) is 0 Å². The minimum atomic E-state index is 0. The second-order valence-electron chi connectivity index (χ2n) is 6.08. The van der Waals surface area contributed by atoms with E-state index in [1.165, 1.54) is 15.3 Å². The molecule has 2 N–H and O–H groups in total. The van der Waals surface area contributed by atoms with E-state index in [2.05, 4.69) is 46.8 Å². The number of guanidine groups is 1. The molecule has 0 unspecified atom stereocenters. The third-order valence-electron chi connectivity index (χ3n) is 3.96. The number of aliphatic imine (C=N–C) groups is 1. The fraction of sp³-hybridized carbons (Fsp3) is 0.476. The van der Waals surface area contributed by atoms with Crippen LogP contribution in [0.15, 0.2) is 41.4 Å². The molecule has 0 saturated carbocycles. The average Bonchev–Trinajstić information content (AvgIpc) is 3.20. The molecule has 1 aromatic carbocycles. The van der Waals surface area contributed by atoms with E-state index in [0.717, 1.165) is 31.2 Å². The van der Waals surface area contributed by atoms with Crippen LogP contribution in [-0.2, 0) is 16.0 Å². The lowest BCUT2D eigenvalue weighted by Gasteiger charge is -2.11. The highest BCUT2D eigenvalue weighted by Crippen LogP contribution is 2.29. The van der Waals surface area contributed by atoms with Crippen LogP contribution in [-0.4, -0.2) is 53.1 Å². The van der Waals surface area contributed by atoms with Gasteiger partial charge < -0.3 is 24.8 Å². The molecule has 0 saturated heterocycles. The number of methoxy groups -OCH3 is 2. The Kier molecular flexibility index (Phi) is 13.7. The van der Waals surface area contributed by atoms with Crippen LogP contribution in [0.4, 0.5) is 0 Å². The third-order valence-corrected chi connectivity index (χ3v) is 5.08. The topological polar surface area (TPSA) is 64.1 Å². The van der Waals surface area contributed by atoms with Crippen LogP contribution in [0.3, 0.4) is 0 Å². The largest absolute Gasteiger partial charge is 0.497 e. The van der Waals surface area contributed by atoms with Gasteiger partial charge in [-0.15, -0.1) is 35.3 Å². The van der Waals surface area contributed by atoms with Gasteiger partial charge in [-0.3, -0.25) is 0 Å². The van der Waals surface area contributed by atoms with Crippen LogP contribution in [0.25, 0.3) is 10.4 Å². The molecule has 162 valence electrons. The number of rotatable bonds is 12. The summed E-state index contributed by atoms with van der Waals surface area (Å²) in [6.45, 7) is 6.36. The SMILES string of the molecule is CCNC(=NCc1ccc(-c2ccc(OC)cc2)s1)NCCCOCCOC.I. The van der Waals surface area contributed by atoms with E-state index in [1.807, 2.05) is 12.1 Å². The Morgan fingerprint density at radius 1 is 1.00 bits per heavy atom. The lowest BCUT2D eigenvalue weighted by Crippen LogP contribution is -2.38. The highest BCUT2D eigenvalue weighted by Gasteiger charge is 2.04. The van der Waals surface area contributed by atoms with E-state index < -0.39 is 0 Å². The van der Waals surface area contributed by atoms with Crippen molar-refractivity contribution in [2.75, 3.05) is 47.1 Å². The molecule has 29 heavy (non-hydrogen) atoms. The van der Waals surface area contributed by atoms with Crippen molar-refractivity contribution in [2.24, 2.45) is 4.99 Å². The van der Waals surface area contributed by atoms with Crippen molar-refractivity contribution >= 4 is 41.3 Å². The molecule has 0 spiro atoms. The van der Waals surface area contributed by atoms with Crippen molar-refractivity contribution in [3.05, 3.63) is 41.3 Å². The summed E-state index contributed by atoms with van der Waals surface area (Å²) in [5.41, 5.74) is 1.19. The maximum atomic E-state index is 5.47. The molecular formula is C21H32IN3O3S. The van der Waals surface area contributed by atoms with Crippen LogP contribution in [0.2, 0.25) is 0 Å². The summed E-state index contributed by atoms with van der Waals surface area (Å²) in [7, 11) is 3.36. The number of hydrogen-bond donors (Lipinski definition) is 2. The quantitative estimate of drug-likeness (QED) is 0.186. The van der Waals surface area contributed by atoms with E-state index in [1.54, 1.807) is 25.6 Å². The van der Waals surface area contributed by atoms with Gasteiger partial charge in [-0.05, 0) is 55.3 Å². The van der Waals surface area contributed by atoms with Gasteiger partial charge in [0.25, 0.3) is 0 Å². The Balaban J connectivity index is 0.00000420. The summed E-state index contributed by atoms with van der Waals surface area (Å²) in [6.07, 6.45) is 0.925. The molecule has 1 aromatic heterocycles. The second-order valence-corrected chi connectivity index (χ2v) is 7.24. The fourth-order valence-corrected chi connectivity index (χ4v) is 3.44. The minimum Gasteiger partial charge on any atom is -0.497 e. The van der Waals surface area contributed by atoms with E-state index in [-0.39, 0.29) is 24.0 Å². The number of nitrogens with zero attached hydrogens (tertiary/aromatic N) is 1. The summed E-state index contributed by atoms with van der Waals surface area (Å²) < 4.78 is 15.7. The number of thiophene rings is 1. The van der Waals surface area contributed by atoms with Crippen LogP contribution in [0.5, 0.6) is 5.75 Å². The molecule has 0 fully saturated rings. The predicted molar refractivity (Wildman–Crippen MR) is 132 cm³/mol. The molecule has 2 rings (SSSR count). The van der Waals surface area contributed by atoms with Gasteiger partial charge in [-0.25, -0.2) is 4.99 Å². The summed E-state index contributed by atoms with van der Waals surface area (Å²) in [6, 6.07) is 12.4. The average molecular weight is 533 g/mol. The van der Waals surface area contributed by atoms with Gasteiger partial charge in [-0.1, -0.05) is 0 Å². The van der Waals surface area contributed by atoms with Crippen molar-refractivity contribution < 1.29 is 14.2 Å². The molecule has 0 amide bonds. The van der Waals surface area contributed by atoms with Crippen molar-refractivity contribution in [3.8, 4) is 16.2 Å². The number of halogens is 1. The Morgan fingerprint density at radius 2 is 1.79 bits per heavy atom. The first-order valence-electron chi connectivity index (χ1n) is 9.58. The molecule has 0 aliphatic rings. The Labute approximate surface area is 195 Å². The van der Waals surface area contributed by atoms with Gasteiger partial charge in [0.05, 0.1) is 26.9 Å². The molecule has 0 atom stereocenters. The highest BCUT2D eigenvalue weighted by atomic mass is 127.